The first-order valence-corrected chi connectivity index (χ1v) is 7.08. The Morgan fingerprint density at radius 1 is 1.30 bits per heavy atom. The summed E-state index contributed by atoms with van der Waals surface area (Å²) in [5.41, 5.74) is 6.71. The summed E-state index contributed by atoms with van der Waals surface area (Å²) in [5.74, 6) is 0.197. The maximum atomic E-state index is 14.1. The van der Waals surface area contributed by atoms with Gasteiger partial charge in [0, 0.05) is 31.1 Å². The van der Waals surface area contributed by atoms with Gasteiger partial charge in [0.05, 0.1) is 12.1 Å². The number of hydrogen-bond donors (Lipinski definition) is 1. The highest BCUT2D eigenvalue weighted by molar-refractivity contribution is 5.22. The molecule has 1 rings (SSSR count). The van der Waals surface area contributed by atoms with Crippen LogP contribution in [0.25, 0.3) is 0 Å². The number of benzene rings is 1. The third-order valence-electron chi connectivity index (χ3n) is 3.23. The maximum Gasteiger partial charge on any atom is 0.128 e. The van der Waals surface area contributed by atoms with E-state index in [2.05, 4.69) is 24.8 Å². The van der Waals surface area contributed by atoms with Crippen LogP contribution in [0.4, 0.5) is 4.39 Å². The molecule has 0 radical (unpaired) electrons. The molecule has 2 N–H and O–H groups in total. The van der Waals surface area contributed by atoms with Crippen LogP contribution in [-0.2, 0) is 0 Å². The van der Waals surface area contributed by atoms with Gasteiger partial charge in [0.2, 0.25) is 0 Å². The molecule has 1 aromatic carbocycles. The fourth-order valence-electron chi connectivity index (χ4n) is 2.53. The quantitative estimate of drug-likeness (QED) is 0.833. The highest BCUT2D eigenvalue weighted by Gasteiger charge is 2.26. The molecule has 20 heavy (non-hydrogen) atoms. The van der Waals surface area contributed by atoms with Crippen LogP contribution >= 0.6 is 0 Å². The Bertz CT molecular complexity index is 451. The smallest absolute Gasteiger partial charge is 0.128 e. The maximum absolute atomic E-state index is 14.1. The average Bonchev–Trinajstić information content (AvgIpc) is 2.37. The zero-order valence-corrected chi connectivity index (χ0v) is 12.5. The van der Waals surface area contributed by atoms with Gasteiger partial charge in [0.15, 0.2) is 0 Å². The van der Waals surface area contributed by atoms with E-state index in [0.29, 0.717) is 24.4 Å². The van der Waals surface area contributed by atoms with Crippen molar-refractivity contribution in [3.8, 4) is 6.07 Å². The number of nitrogens with zero attached hydrogens (tertiary/aromatic N) is 2. The van der Waals surface area contributed by atoms with Crippen molar-refractivity contribution in [2.75, 3.05) is 13.1 Å². The van der Waals surface area contributed by atoms with E-state index < -0.39 is 0 Å². The van der Waals surface area contributed by atoms with E-state index >= 15 is 0 Å². The zero-order chi connectivity index (χ0) is 15.1. The lowest BCUT2D eigenvalue weighted by Gasteiger charge is -2.35. The van der Waals surface area contributed by atoms with Gasteiger partial charge in [0.1, 0.15) is 5.82 Å². The van der Waals surface area contributed by atoms with E-state index in [9.17, 15) is 4.39 Å². The van der Waals surface area contributed by atoms with Crippen molar-refractivity contribution in [1.29, 1.82) is 5.26 Å². The summed E-state index contributed by atoms with van der Waals surface area (Å²) in [6.45, 7) is 7.51. The van der Waals surface area contributed by atoms with Gasteiger partial charge in [-0.3, -0.25) is 4.90 Å². The van der Waals surface area contributed by atoms with Gasteiger partial charge >= 0.3 is 0 Å². The van der Waals surface area contributed by atoms with E-state index in [-0.39, 0.29) is 17.9 Å². The summed E-state index contributed by atoms with van der Waals surface area (Å²) >= 11 is 0. The molecule has 0 amide bonds. The molecule has 1 aromatic rings. The van der Waals surface area contributed by atoms with E-state index in [1.807, 2.05) is 13.0 Å². The molecule has 0 aromatic heterocycles. The van der Waals surface area contributed by atoms with Crippen molar-refractivity contribution in [3.63, 3.8) is 0 Å². The summed E-state index contributed by atoms with van der Waals surface area (Å²) in [7, 11) is 0. The van der Waals surface area contributed by atoms with Gasteiger partial charge in [-0.25, -0.2) is 4.39 Å². The molecule has 2 atom stereocenters. The lowest BCUT2D eigenvalue weighted by atomic mass is 9.97. The minimum Gasteiger partial charge on any atom is -0.326 e. The first-order valence-electron chi connectivity index (χ1n) is 7.08. The van der Waals surface area contributed by atoms with Crippen molar-refractivity contribution >= 4 is 0 Å². The van der Waals surface area contributed by atoms with Crippen molar-refractivity contribution in [2.45, 2.75) is 39.3 Å². The molecule has 2 unspecified atom stereocenters. The monoisotopic (exact) mass is 277 g/mol. The molecule has 0 aliphatic carbocycles. The molecule has 110 valence electrons. The fourth-order valence-corrected chi connectivity index (χ4v) is 2.53. The van der Waals surface area contributed by atoms with Crippen molar-refractivity contribution in [1.82, 2.24) is 4.90 Å². The molecule has 0 fully saturated rings. The van der Waals surface area contributed by atoms with Crippen LogP contribution in [0, 0.1) is 23.1 Å². The van der Waals surface area contributed by atoms with Gasteiger partial charge in [-0.05, 0) is 18.9 Å². The highest BCUT2D eigenvalue weighted by atomic mass is 19.1. The molecule has 0 heterocycles. The van der Waals surface area contributed by atoms with Crippen LogP contribution in [0.1, 0.15) is 38.8 Å². The Morgan fingerprint density at radius 2 is 1.95 bits per heavy atom. The molecular formula is C16H24FN3. The Labute approximate surface area is 121 Å². The van der Waals surface area contributed by atoms with Gasteiger partial charge in [-0.15, -0.1) is 0 Å². The summed E-state index contributed by atoms with van der Waals surface area (Å²) in [5, 5.41) is 8.81. The van der Waals surface area contributed by atoms with Crippen LogP contribution in [0.3, 0.4) is 0 Å². The molecule has 0 saturated carbocycles. The zero-order valence-electron chi connectivity index (χ0n) is 12.5. The second kappa shape index (κ2) is 7.98. The van der Waals surface area contributed by atoms with Crippen LogP contribution in [0.5, 0.6) is 0 Å². The first kappa shape index (κ1) is 16.6. The molecule has 0 aliphatic heterocycles. The summed E-state index contributed by atoms with van der Waals surface area (Å²) in [6.07, 6.45) is 0.421. The van der Waals surface area contributed by atoms with Crippen molar-refractivity contribution in [3.05, 3.63) is 35.6 Å². The SMILES string of the molecule is CC(C)CN(CCC#N)C(c1ccccc1F)C(C)N. The third kappa shape index (κ3) is 4.59. The molecular weight excluding hydrogens is 253 g/mol. The average molecular weight is 277 g/mol. The Kier molecular flexibility index (Phi) is 6.63. The first-order chi connectivity index (χ1) is 9.47. The van der Waals surface area contributed by atoms with E-state index in [1.165, 1.54) is 6.07 Å². The number of rotatable bonds is 7. The lowest BCUT2D eigenvalue weighted by molar-refractivity contribution is 0.157. The minimum absolute atomic E-state index is 0.202. The standard InChI is InChI=1S/C16H24FN3/c1-12(2)11-20(10-6-9-18)16(13(3)19)14-7-4-5-8-15(14)17/h4-5,7-8,12-13,16H,6,10-11,19H2,1-3H3. The third-order valence-corrected chi connectivity index (χ3v) is 3.23. The number of nitrogens with two attached hydrogens (primary N) is 1. The summed E-state index contributed by atoms with van der Waals surface area (Å²) in [6, 6.07) is 8.50. The van der Waals surface area contributed by atoms with Crippen LogP contribution in [0.15, 0.2) is 24.3 Å². The summed E-state index contributed by atoms with van der Waals surface area (Å²) in [4.78, 5) is 2.12. The lowest BCUT2D eigenvalue weighted by Crippen LogP contribution is -2.42. The molecule has 0 spiro atoms. The van der Waals surface area contributed by atoms with E-state index in [1.54, 1.807) is 12.1 Å². The number of hydrogen-bond acceptors (Lipinski definition) is 3. The number of nitriles is 1. The van der Waals surface area contributed by atoms with Gasteiger partial charge in [0.25, 0.3) is 0 Å². The molecule has 4 heteroatoms. The predicted molar refractivity (Wildman–Crippen MR) is 79.4 cm³/mol. The van der Waals surface area contributed by atoms with Gasteiger partial charge < -0.3 is 5.73 Å². The van der Waals surface area contributed by atoms with Crippen molar-refractivity contribution < 1.29 is 4.39 Å². The van der Waals surface area contributed by atoms with E-state index in [4.69, 9.17) is 11.0 Å². The Morgan fingerprint density at radius 3 is 2.45 bits per heavy atom. The van der Waals surface area contributed by atoms with Crippen LogP contribution in [-0.4, -0.2) is 24.0 Å². The second-order valence-corrected chi connectivity index (χ2v) is 5.62. The second-order valence-electron chi connectivity index (χ2n) is 5.62. The van der Waals surface area contributed by atoms with Crippen LogP contribution in [0.2, 0.25) is 0 Å². The molecule has 0 aliphatic rings. The predicted octanol–water partition coefficient (Wildman–Crippen LogP) is 3.09. The van der Waals surface area contributed by atoms with Crippen LogP contribution < -0.4 is 5.73 Å². The minimum atomic E-state index is -0.236. The number of halogens is 1. The molecule has 0 saturated heterocycles. The Balaban J connectivity index is 3.07. The van der Waals surface area contributed by atoms with Gasteiger partial charge in [-0.2, -0.15) is 5.26 Å². The van der Waals surface area contributed by atoms with E-state index in [0.717, 1.165) is 6.54 Å². The topological polar surface area (TPSA) is 53.0 Å². The fraction of sp³-hybridized carbons (Fsp3) is 0.562. The van der Waals surface area contributed by atoms with Gasteiger partial charge in [-0.1, -0.05) is 32.0 Å². The highest BCUT2D eigenvalue weighted by Crippen LogP contribution is 2.27. The largest absolute Gasteiger partial charge is 0.326 e. The normalized spacial score (nSPS) is 14.3. The summed E-state index contributed by atoms with van der Waals surface area (Å²) < 4.78 is 14.1. The Hall–Kier alpha value is -1.44. The molecule has 3 nitrogen and oxygen atoms in total. The molecule has 0 bridgehead atoms. The van der Waals surface area contributed by atoms with Crippen molar-refractivity contribution in [2.24, 2.45) is 11.7 Å².